The second kappa shape index (κ2) is 5.59. The van der Waals surface area contributed by atoms with Crippen molar-refractivity contribution in [3.63, 3.8) is 0 Å². The Labute approximate surface area is 60.4 Å². The first kappa shape index (κ1) is 9.82. The fraction of sp³-hybridized carbons (Fsp3) is 0.857. The van der Waals surface area contributed by atoms with Gasteiger partial charge in [-0.15, -0.1) is 0 Å². The van der Waals surface area contributed by atoms with Crippen molar-refractivity contribution in [2.75, 3.05) is 6.61 Å². The molecule has 1 nitrogen and oxygen atoms in total. The van der Waals surface area contributed by atoms with Crippen LogP contribution in [0.1, 0.15) is 26.7 Å². The highest BCUT2D eigenvalue weighted by Gasteiger charge is 2.00. The first-order chi connectivity index (χ1) is 4.63. The van der Waals surface area contributed by atoms with Gasteiger partial charge in [0.05, 0.1) is 6.61 Å². The molecule has 0 aliphatic carbocycles. The molecule has 0 aromatic rings. The standard InChI is InChI=1S/C7H13F2O/c1-6(2)4-3-5-10-7(8)9/h7H,3-5H2,1-2H3. The van der Waals surface area contributed by atoms with Crippen LogP contribution in [0.5, 0.6) is 0 Å². The quantitative estimate of drug-likeness (QED) is 0.549. The lowest BCUT2D eigenvalue weighted by atomic mass is 10.1. The monoisotopic (exact) mass is 151 g/mol. The molecule has 0 atom stereocenters. The maximum Gasteiger partial charge on any atom is 0.345 e. The van der Waals surface area contributed by atoms with Crippen LogP contribution in [0.25, 0.3) is 0 Å². The van der Waals surface area contributed by atoms with Crippen LogP contribution >= 0.6 is 0 Å². The summed E-state index contributed by atoms with van der Waals surface area (Å²) < 4.78 is 26.7. The summed E-state index contributed by atoms with van der Waals surface area (Å²) in [4.78, 5) is 0. The molecule has 3 heteroatoms. The molecule has 0 N–H and O–H groups in total. The molecule has 0 amide bonds. The van der Waals surface area contributed by atoms with E-state index >= 15 is 0 Å². The Kier molecular flexibility index (Phi) is 5.49. The minimum atomic E-state index is -2.61. The van der Waals surface area contributed by atoms with Crippen molar-refractivity contribution in [1.29, 1.82) is 0 Å². The third-order valence-corrected chi connectivity index (χ3v) is 1.06. The fourth-order valence-electron chi connectivity index (χ4n) is 0.598. The van der Waals surface area contributed by atoms with Gasteiger partial charge in [-0.3, -0.25) is 0 Å². The van der Waals surface area contributed by atoms with Crippen LogP contribution in [-0.4, -0.2) is 13.2 Å². The molecule has 0 aromatic heterocycles. The van der Waals surface area contributed by atoms with Crippen LogP contribution in [0.4, 0.5) is 8.78 Å². The Hall–Kier alpha value is -0.180. The van der Waals surface area contributed by atoms with E-state index in [0.717, 1.165) is 6.42 Å². The number of hydrogen-bond acceptors (Lipinski definition) is 1. The summed E-state index contributed by atoms with van der Waals surface area (Å²) in [5, 5.41) is 0. The maximum atomic E-state index is 11.3. The van der Waals surface area contributed by atoms with Gasteiger partial charge in [0.1, 0.15) is 0 Å². The summed E-state index contributed by atoms with van der Waals surface area (Å²) in [6.07, 6.45) is 1.55. The third-order valence-electron chi connectivity index (χ3n) is 1.06. The van der Waals surface area contributed by atoms with E-state index in [1.54, 1.807) is 0 Å². The lowest BCUT2D eigenvalue weighted by Crippen LogP contribution is -2.01. The zero-order valence-electron chi connectivity index (χ0n) is 6.36. The lowest BCUT2D eigenvalue weighted by molar-refractivity contribution is -0.129. The molecule has 61 valence electrons. The molecule has 0 bridgehead atoms. The number of halogens is 2. The molecule has 1 radical (unpaired) electrons. The number of rotatable bonds is 5. The van der Waals surface area contributed by atoms with Gasteiger partial charge >= 0.3 is 6.61 Å². The number of hydrogen-bond donors (Lipinski definition) is 0. The topological polar surface area (TPSA) is 9.23 Å². The predicted molar refractivity (Wildman–Crippen MR) is 35.8 cm³/mol. The van der Waals surface area contributed by atoms with E-state index in [9.17, 15) is 8.78 Å². The zero-order valence-corrected chi connectivity index (χ0v) is 6.36. The highest BCUT2D eigenvalue weighted by atomic mass is 19.3. The molecular formula is C7H13F2O. The average Bonchev–Trinajstić information content (AvgIpc) is 1.79. The molecule has 0 spiro atoms. The van der Waals surface area contributed by atoms with Gasteiger partial charge in [-0.1, -0.05) is 13.8 Å². The Bertz CT molecular complexity index is 64.0. The van der Waals surface area contributed by atoms with Gasteiger partial charge in [0, 0.05) is 0 Å². The largest absolute Gasteiger partial charge is 0.345 e. The molecule has 0 aliphatic rings. The first-order valence-corrected chi connectivity index (χ1v) is 3.31. The summed E-state index contributed by atoms with van der Waals surface area (Å²) in [6.45, 7) is 1.49. The van der Waals surface area contributed by atoms with Crippen molar-refractivity contribution in [3.8, 4) is 0 Å². The van der Waals surface area contributed by atoms with E-state index in [-0.39, 0.29) is 6.61 Å². The molecule has 0 heterocycles. The van der Waals surface area contributed by atoms with Gasteiger partial charge in [0.2, 0.25) is 0 Å². The van der Waals surface area contributed by atoms with E-state index in [4.69, 9.17) is 0 Å². The summed E-state index contributed by atoms with van der Waals surface area (Å²) in [7, 11) is 0. The number of ether oxygens (including phenoxy) is 1. The number of alkyl halides is 2. The van der Waals surface area contributed by atoms with Crippen LogP contribution in [0, 0.1) is 5.92 Å². The second-order valence-corrected chi connectivity index (χ2v) is 2.44. The predicted octanol–water partition coefficient (Wildman–Crippen LogP) is 2.62. The Morgan fingerprint density at radius 1 is 1.40 bits per heavy atom. The SMILES string of the molecule is C[C](C)CCCOC(F)F. The Morgan fingerprint density at radius 3 is 2.40 bits per heavy atom. The normalized spacial score (nSPS) is 11.4. The molecule has 0 aliphatic heterocycles. The second-order valence-electron chi connectivity index (χ2n) is 2.44. The molecule has 0 fully saturated rings. The minimum absolute atomic E-state index is 0.156. The molecule has 0 aromatic carbocycles. The van der Waals surface area contributed by atoms with E-state index in [1.165, 1.54) is 5.92 Å². The lowest BCUT2D eigenvalue weighted by Gasteiger charge is -2.03. The highest BCUT2D eigenvalue weighted by Crippen LogP contribution is 2.06. The highest BCUT2D eigenvalue weighted by molar-refractivity contribution is 4.75. The first-order valence-electron chi connectivity index (χ1n) is 3.31. The molecular weight excluding hydrogens is 138 g/mol. The van der Waals surface area contributed by atoms with E-state index in [1.807, 2.05) is 13.8 Å². The average molecular weight is 151 g/mol. The van der Waals surface area contributed by atoms with Gasteiger partial charge < -0.3 is 4.74 Å². The van der Waals surface area contributed by atoms with Crippen LogP contribution in [0.15, 0.2) is 0 Å². The summed E-state index contributed by atoms with van der Waals surface area (Å²) in [5.41, 5.74) is 0. The van der Waals surface area contributed by atoms with Crippen molar-refractivity contribution >= 4 is 0 Å². The molecule has 0 saturated carbocycles. The third kappa shape index (κ3) is 7.82. The molecule has 10 heavy (non-hydrogen) atoms. The molecule has 0 saturated heterocycles. The molecule has 0 rings (SSSR count). The van der Waals surface area contributed by atoms with Crippen molar-refractivity contribution < 1.29 is 13.5 Å². The van der Waals surface area contributed by atoms with E-state index in [2.05, 4.69) is 4.74 Å². The Morgan fingerprint density at radius 2 is 2.00 bits per heavy atom. The summed E-state index contributed by atoms with van der Waals surface area (Å²) in [5.74, 6) is 1.25. The summed E-state index contributed by atoms with van der Waals surface area (Å²) in [6, 6.07) is 0. The van der Waals surface area contributed by atoms with Crippen LogP contribution in [0.2, 0.25) is 0 Å². The Balaban J connectivity index is 2.91. The van der Waals surface area contributed by atoms with Gasteiger partial charge in [0.15, 0.2) is 0 Å². The van der Waals surface area contributed by atoms with Gasteiger partial charge in [0.25, 0.3) is 0 Å². The van der Waals surface area contributed by atoms with Gasteiger partial charge in [-0.25, -0.2) is 0 Å². The smallest absolute Gasteiger partial charge is 0.323 e. The molecule has 0 unspecified atom stereocenters. The van der Waals surface area contributed by atoms with Crippen molar-refractivity contribution in [2.45, 2.75) is 33.3 Å². The zero-order chi connectivity index (χ0) is 7.98. The maximum absolute atomic E-state index is 11.3. The van der Waals surface area contributed by atoms with Gasteiger partial charge in [-0.05, 0) is 18.8 Å². The fourth-order valence-corrected chi connectivity index (χ4v) is 0.598. The van der Waals surface area contributed by atoms with Crippen LogP contribution < -0.4 is 0 Å². The summed E-state index contributed by atoms with van der Waals surface area (Å²) >= 11 is 0. The van der Waals surface area contributed by atoms with Gasteiger partial charge in [-0.2, -0.15) is 8.78 Å². The van der Waals surface area contributed by atoms with E-state index in [0.29, 0.717) is 6.42 Å². The minimum Gasteiger partial charge on any atom is -0.323 e. The van der Waals surface area contributed by atoms with Crippen LogP contribution in [-0.2, 0) is 4.74 Å². The van der Waals surface area contributed by atoms with Crippen molar-refractivity contribution in [2.24, 2.45) is 0 Å². The van der Waals surface area contributed by atoms with E-state index < -0.39 is 6.61 Å². The van der Waals surface area contributed by atoms with Crippen LogP contribution in [0.3, 0.4) is 0 Å². The van der Waals surface area contributed by atoms with Crippen molar-refractivity contribution in [3.05, 3.63) is 5.92 Å². The van der Waals surface area contributed by atoms with Crippen molar-refractivity contribution in [1.82, 2.24) is 0 Å².